The summed E-state index contributed by atoms with van der Waals surface area (Å²) in [5.74, 6) is -0.107. The lowest BCUT2D eigenvalue weighted by atomic mass is 10.1. The highest BCUT2D eigenvalue weighted by Gasteiger charge is 2.14. The lowest BCUT2D eigenvalue weighted by molar-refractivity contribution is -0.114. The van der Waals surface area contributed by atoms with E-state index in [-0.39, 0.29) is 23.0 Å². The van der Waals surface area contributed by atoms with E-state index >= 15 is 0 Å². The Kier molecular flexibility index (Phi) is 7.87. The van der Waals surface area contributed by atoms with E-state index < -0.39 is 0 Å². The Labute approximate surface area is 190 Å². The molecule has 6 nitrogen and oxygen atoms in total. The molecule has 1 heterocycles. The summed E-state index contributed by atoms with van der Waals surface area (Å²) in [7, 11) is 0. The minimum Gasteiger partial charge on any atom is -0.326 e. The van der Waals surface area contributed by atoms with Crippen LogP contribution in [0.5, 0.6) is 0 Å². The fraction of sp³-hybridized carbons (Fsp3) is 0.304. The third-order valence-electron chi connectivity index (χ3n) is 4.73. The smallest absolute Gasteiger partial charge is 0.262 e. The van der Waals surface area contributed by atoms with Gasteiger partial charge in [0.15, 0.2) is 10.9 Å². The van der Waals surface area contributed by atoms with Gasteiger partial charge >= 0.3 is 0 Å². The quantitative estimate of drug-likeness (QED) is 0.207. The van der Waals surface area contributed by atoms with Gasteiger partial charge in [0.05, 0.1) is 16.7 Å². The number of halogens is 1. The second-order valence-corrected chi connectivity index (χ2v) is 8.57. The van der Waals surface area contributed by atoms with Crippen molar-refractivity contribution >= 4 is 51.6 Å². The first-order chi connectivity index (χ1) is 14.9. The molecule has 0 fully saturated rings. The van der Waals surface area contributed by atoms with Gasteiger partial charge in [0.2, 0.25) is 5.91 Å². The SMILES string of the molecule is CCCCCn1c(SCC(=O)c2ccc(NC(C)=O)cc2)nc2cc(Cl)ccc2c1=O. The van der Waals surface area contributed by atoms with Crippen LogP contribution in [0.25, 0.3) is 10.9 Å². The summed E-state index contributed by atoms with van der Waals surface area (Å²) >= 11 is 7.33. The number of fused-ring (bicyclic) bond motifs is 1. The molecule has 162 valence electrons. The number of hydrogen-bond acceptors (Lipinski definition) is 5. The molecule has 0 aliphatic carbocycles. The van der Waals surface area contributed by atoms with Crippen molar-refractivity contribution < 1.29 is 9.59 Å². The fourth-order valence-electron chi connectivity index (χ4n) is 3.16. The first-order valence-electron chi connectivity index (χ1n) is 10.1. The molecule has 3 aromatic rings. The van der Waals surface area contributed by atoms with Crippen LogP contribution in [0, 0.1) is 0 Å². The van der Waals surface area contributed by atoms with E-state index in [1.165, 1.54) is 18.7 Å². The number of nitrogens with one attached hydrogen (secondary N) is 1. The van der Waals surface area contributed by atoms with E-state index in [9.17, 15) is 14.4 Å². The van der Waals surface area contributed by atoms with Crippen LogP contribution in [-0.2, 0) is 11.3 Å². The topological polar surface area (TPSA) is 81.1 Å². The number of amides is 1. The predicted octanol–water partition coefficient (Wildman–Crippen LogP) is 5.17. The van der Waals surface area contributed by atoms with Gasteiger partial charge in [0, 0.05) is 29.7 Å². The minimum atomic E-state index is -0.168. The summed E-state index contributed by atoms with van der Waals surface area (Å²) in [4.78, 5) is 41.5. The second kappa shape index (κ2) is 10.6. The van der Waals surface area contributed by atoms with Crippen molar-refractivity contribution in [2.45, 2.75) is 44.8 Å². The zero-order valence-electron chi connectivity index (χ0n) is 17.5. The monoisotopic (exact) mass is 457 g/mol. The van der Waals surface area contributed by atoms with Gasteiger partial charge in [0.1, 0.15) is 0 Å². The van der Waals surface area contributed by atoms with Crippen molar-refractivity contribution in [3.63, 3.8) is 0 Å². The van der Waals surface area contributed by atoms with E-state index in [2.05, 4.69) is 17.2 Å². The summed E-state index contributed by atoms with van der Waals surface area (Å²) < 4.78 is 1.66. The molecule has 8 heteroatoms. The molecule has 3 rings (SSSR count). The molecule has 0 aliphatic heterocycles. The number of aromatic nitrogens is 2. The number of carbonyl (C=O) groups is 2. The summed E-state index contributed by atoms with van der Waals surface area (Å²) in [6.45, 7) is 4.09. The molecule has 0 bridgehead atoms. The van der Waals surface area contributed by atoms with Crippen LogP contribution < -0.4 is 10.9 Å². The first kappa shape index (κ1) is 23.0. The largest absolute Gasteiger partial charge is 0.326 e. The zero-order valence-corrected chi connectivity index (χ0v) is 19.1. The molecule has 2 aromatic carbocycles. The van der Waals surface area contributed by atoms with Crippen molar-refractivity contribution in [3.8, 4) is 0 Å². The Morgan fingerprint density at radius 1 is 1.13 bits per heavy atom. The van der Waals surface area contributed by atoms with Gasteiger partial charge in [0.25, 0.3) is 5.56 Å². The van der Waals surface area contributed by atoms with Gasteiger partial charge in [-0.15, -0.1) is 0 Å². The van der Waals surface area contributed by atoms with E-state index in [1.807, 2.05) is 0 Å². The molecule has 0 radical (unpaired) electrons. The van der Waals surface area contributed by atoms with Crippen molar-refractivity contribution in [1.82, 2.24) is 9.55 Å². The van der Waals surface area contributed by atoms with Crippen LogP contribution in [0.3, 0.4) is 0 Å². The molecule has 0 aliphatic rings. The van der Waals surface area contributed by atoms with Crippen LogP contribution >= 0.6 is 23.4 Å². The van der Waals surface area contributed by atoms with Crippen molar-refractivity contribution in [2.24, 2.45) is 0 Å². The Balaban J connectivity index is 1.83. The van der Waals surface area contributed by atoms with Crippen LogP contribution in [0.1, 0.15) is 43.5 Å². The Bertz CT molecular complexity index is 1160. The maximum atomic E-state index is 13.0. The van der Waals surface area contributed by atoms with E-state index in [0.29, 0.717) is 38.9 Å². The zero-order chi connectivity index (χ0) is 22.4. The van der Waals surface area contributed by atoms with Crippen molar-refractivity contribution in [2.75, 3.05) is 11.1 Å². The molecule has 0 atom stereocenters. The first-order valence-corrected chi connectivity index (χ1v) is 11.5. The number of rotatable bonds is 9. The Morgan fingerprint density at radius 2 is 1.87 bits per heavy atom. The third kappa shape index (κ3) is 5.95. The fourth-order valence-corrected chi connectivity index (χ4v) is 4.24. The Morgan fingerprint density at radius 3 is 2.55 bits per heavy atom. The average molecular weight is 458 g/mol. The van der Waals surface area contributed by atoms with Crippen LogP contribution in [0.4, 0.5) is 5.69 Å². The summed E-state index contributed by atoms with van der Waals surface area (Å²) in [6, 6.07) is 11.8. The molecule has 1 N–H and O–H groups in total. The maximum Gasteiger partial charge on any atom is 0.262 e. The maximum absolute atomic E-state index is 13.0. The second-order valence-electron chi connectivity index (χ2n) is 7.19. The number of anilines is 1. The number of Topliss-reactive ketones (excluding diaryl/α,β-unsaturated/α-hetero) is 1. The minimum absolute atomic E-state index is 0.0834. The van der Waals surface area contributed by atoms with Gasteiger partial charge in [-0.2, -0.15) is 0 Å². The number of carbonyl (C=O) groups excluding carboxylic acids is 2. The van der Waals surface area contributed by atoms with E-state index in [0.717, 1.165) is 19.3 Å². The van der Waals surface area contributed by atoms with E-state index in [1.54, 1.807) is 47.0 Å². The molecule has 0 saturated carbocycles. The lowest BCUT2D eigenvalue weighted by Gasteiger charge is -2.13. The molecule has 0 unspecified atom stereocenters. The summed E-state index contributed by atoms with van der Waals surface area (Å²) in [5.41, 5.74) is 1.58. The third-order valence-corrected chi connectivity index (χ3v) is 5.94. The number of unbranched alkanes of at least 4 members (excludes halogenated alkanes) is 2. The van der Waals surface area contributed by atoms with Gasteiger partial charge in [-0.3, -0.25) is 19.0 Å². The van der Waals surface area contributed by atoms with Crippen molar-refractivity contribution in [1.29, 1.82) is 0 Å². The lowest BCUT2D eigenvalue weighted by Crippen LogP contribution is -2.24. The number of thioether (sulfide) groups is 1. The molecule has 0 saturated heterocycles. The Hall–Kier alpha value is -2.64. The molecule has 31 heavy (non-hydrogen) atoms. The normalized spacial score (nSPS) is 10.9. The van der Waals surface area contributed by atoms with Crippen LogP contribution in [-0.4, -0.2) is 27.0 Å². The number of hydrogen-bond donors (Lipinski definition) is 1. The summed E-state index contributed by atoms with van der Waals surface area (Å²) in [6.07, 6.45) is 2.92. The van der Waals surface area contributed by atoms with Crippen molar-refractivity contribution in [3.05, 3.63) is 63.4 Å². The highest BCUT2D eigenvalue weighted by Crippen LogP contribution is 2.22. The summed E-state index contributed by atoms with van der Waals surface area (Å²) in [5, 5.41) is 4.21. The van der Waals surface area contributed by atoms with Gasteiger partial charge in [-0.25, -0.2) is 4.98 Å². The predicted molar refractivity (Wildman–Crippen MR) is 126 cm³/mol. The molecular formula is C23H24ClN3O3S. The van der Waals surface area contributed by atoms with Crippen LogP contribution in [0.15, 0.2) is 52.4 Å². The van der Waals surface area contributed by atoms with Gasteiger partial charge < -0.3 is 5.32 Å². The molecular weight excluding hydrogens is 434 g/mol. The van der Waals surface area contributed by atoms with Gasteiger partial charge in [-0.05, 0) is 48.9 Å². The molecule has 1 aromatic heterocycles. The van der Waals surface area contributed by atoms with E-state index in [4.69, 9.17) is 11.6 Å². The molecule has 0 spiro atoms. The highest BCUT2D eigenvalue weighted by molar-refractivity contribution is 7.99. The van der Waals surface area contributed by atoms with Crippen LogP contribution in [0.2, 0.25) is 5.02 Å². The average Bonchev–Trinajstić information content (AvgIpc) is 2.73. The highest BCUT2D eigenvalue weighted by atomic mass is 35.5. The standard InChI is InChI=1S/C23H24ClN3O3S/c1-3-4-5-12-27-22(30)19-11-8-17(24)13-20(19)26-23(27)31-14-21(29)16-6-9-18(10-7-16)25-15(2)28/h6-11,13H,3-5,12,14H2,1-2H3,(H,25,28). The number of nitrogens with zero attached hydrogens (tertiary/aromatic N) is 2. The number of benzene rings is 2. The number of ketones is 1. The van der Waals surface area contributed by atoms with Gasteiger partial charge in [-0.1, -0.05) is 43.1 Å². The molecule has 1 amide bonds.